The molecule has 8 heteroatoms. The number of aromatic hydroxyl groups is 1. The summed E-state index contributed by atoms with van der Waals surface area (Å²) in [6, 6.07) is 22.8. The Bertz CT molecular complexity index is 1190. The number of nitrogens with zero attached hydrogens (tertiary/aromatic N) is 2. The molecule has 38 heavy (non-hydrogen) atoms. The second-order valence-electron chi connectivity index (χ2n) is 9.53. The van der Waals surface area contributed by atoms with Gasteiger partial charge in [0.15, 0.2) is 0 Å². The first kappa shape index (κ1) is 27.0. The molecule has 4 rings (SSSR count). The Balaban J connectivity index is 1.45. The maximum absolute atomic E-state index is 13.6. The lowest BCUT2D eigenvalue weighted by Crippen LogP contribution is -2.57. The summed E-state index contributed by atoms with van der Waals surface area (Å²) in [4.78, 5) is 30.0. The molecule has 0 aromatic heterocycles. The number of hydrogen-bond acceptors (Lipinski definition) is 6. The van der Waals surface area contributed by atoms with Crippen LogP contribution in [0.1, 0.15) is 17.5 Å². The number of carbonyl (C=O) groups is 2. The summed E-state index contributed by atoms with van der Waals surface area (Å²) in [5.74, 6) is -0.449. The summed E-state index contributed by atoms with van der Waals surface area (Å²) in [7, 11) is 1.65. The molecular weight excluding hydrogens is 482 g/mol. The van der Waals surface area contributed by atoms with Crippen LogP contribution in [0, 0.1) is 0 Å². The molecular formula is C30H35N3O5. The highest BCUT2D eigenvalue weighted by Gasteiger charge is 2.32. The fourth-order valence-corrected chi connectivity index (χ4v) is 4.86. The minimum atomic E-state index is -1.09. The summed E-state index contributed by atoms with van der Waals surface area (Å²) in [5.41, 5.74) is 2.94. The van der Waals surface area contributed by atoms with E-state index in [1.54, 1.807) is 19.2 Å². The highest BCUT2D eigenvalue weighted by Crippen LogP contribution is 2.23. The van der Waals surface area contributed by atoms with Crippen LogP contribution in [0.25, 0.3) is 0 Å². The van der Waals surface area contributed by atoms with Gasteiger partial charge >= 0.3 is 5.97 Å². The van der Waals surface area contributed by atoms with Gasteiger partial charge in [0.2, 0.25) is 5.91 Å². The monoisotopic (exact) mass is 517 g/mol. The number of amides is 1. The number of ether oxygens (including phenoxy) is 1. The van der Waals surface area contributed by atoms with Crippen LogP contribution in [0.3, 0.4) is 0 Å². The highest BCUT2D eigenvalue weighted by molar-refractivity contribution is 5.87. The highest BCUT2D eigenvalue weighted by atomic mass is 16.5. The fraction of sp³-hybridized carbons (Fsp3) is 0.333. The number of aryl methyl sites for hydroxylation is 1. The van der Waals surface area contributed by atoms with E-state index in [-0.39, 0.29) is 18.1 Å². The Morgan fingerprint density at radius 1 is 0.921 bits per heavy atom. The van der Waals surface area contributed by atoms with Crippen LogP contribution in [0.2, 0.25) is 0 Å². The molecule has 8 nitrogen and oxygen atoms in total. The van der Waals surface area contributed by atoms with Gasteiger partial charge in [-0.3, -0.25) is 9.69 Å². The number of carboxylic acid groups (broad SMARTS) is 1. The van der Waals surface area contributed by atoms with E-state index in [9.17, 15) is 19.8 Å². The van der Waals surface area contributed by atoms with Crippen molar-refractivity contribution in [1.82, 2.24) is 10.2 Å². The zero-order chi connectivity index (χ0) is 26.9. The molecule has 200 valence electrons. The van der Waals surface area contributed by atoms with E-state index in [0.717, 1.165) is 35.7 Å². The number of carbonyl (C=O) groups excluding carboxylic acids is 1. The molecule has 2 atom stereocenters. The van der Waals surface area contributed by atoms with Crippen LogP contribution >= 0.6 is 0 Å². The average molecular weight is 518 g/mol. The Kier molecular flexibility index (Phi) is 9.21. The number of hydrogen-bond donors (Lipinski definition) is 3. The number of anilines is 1. The number of nitrogens with one attached hydrogen (secondary N) is 1. The Morgan fingerprint density at radius 3 is 2.29 bits per heavy atom. The second kappa shape index (κ2) is 13.0. The van der Waals surface area contributed by atoms with E-state index in [1.165, 1.54) is 12.1 Å². The number of benzene rings is 3. The Labute approximate surface area is 223 Å². The molecule has 1 aliphatic heterocycles. The molecule has 1 heterocycles. The molecule has 1 fully saturated rings. The Hall–Kier alpha value is -4.04. The molecule has 1 saturated heterocycles. The van der Waals surface area contributed by atoms with Crippen molar-refractivity contribution in [3.63, 3.8) is 0 Å². The summed E-state index contributed by atoms with van der Waals surface area (Å²) in [5, 5.41) is 22.2. The van der Waals surface area contributed by atoms with E-state index >= 15 is 0 Å². The van der Waals surface area contributed by atoms with Gasteiger partial charge in [0.05, 0.1) is 13.2 Å². The smallest absolute Gasteiger partial charge is 0.326 e. The van der Waals surface area contributed by atoms with Gasteiger partial charge in [-0.15, -0.1) is 0 Å². The van der Waals surface area contributed by atoms with Gasteiger partial charge in [0, 0.05) is 44.4 Å². The SMILES string of the molecule is COc1cccc(N2CCN(C(CCc3ccccc3)C(=O)NC(Cc3ccc(O)cc3)C(=O)O)CC2)c1. The molecule has 0 radical (unpaired) electrons. The van der Waals surface area contributed by atoms with E-state index in [2.05, 4.69) is 21.2 Å². The van der Waals surface area contributed by atoms with Gasteiger partial charge < -0.3 is 25.2 Å². The molecule has 3 N–H and O–H groups in total. The van der Waals surface area contributed by atoms with Gasteiger partial charge in [-0.05, 0) is 48.2 Å². The number of rotatable bonds is 11. The molecule has 0 bridgehead atoms. The number of phenolic OH excluding ortho intramolecular Hbond substituents is 1. The predicted octanol–water partition coefficient (Wildman–Crippen LogP) is 3.34. The van der Waals surface area contributed by atoms with Crippen LogP contribution in [-0.2, 0) is 22.4 Å². The number of piperazine rings is 1. The van der Waals surface area contributed by atoms with E-state index in [1.807, 2.05) is 48.5 Å². The lowest BCUT2D eigenvalue weighted by atomic mass is 10.0. The van der Waals surface area contributed by atoms with Crippen LogP contribution in [0.5, 0.6) is 11.5 Å². The van der Waals surface area contributed by atoms with Crippen molar-refractivity contribution in [2.24, 2.45) is 0 Å². The molecule has 3 aromatic rings. The predicted molar refractivity (Wildman–Crippen MR) is 147 cm³/mol. The third kappa shape index (κ3) is 7.26. The number of carboxylic acids is 1. The van der Waals surface area contributed by atoms with Crippen LogP contribution in [-0.4, -0.2) is 72.4 Å². The zero-order valence-corrected chi connectivity index (χ0v) is 21.6. The molecule has 3 aromatic carbocycles. The van der Waals surface area contributed by atoms with Gasteiger partial charge in [-0.1, -0.05) is 48.5 Å². The maximum Gasteiger partial charge on any atom is 0.326 e. The topological polar surface area (TPSA) is 102 Å². The minimum absolute atomic E-state index is 0.110. The van der Waals surface area contributed by atoms with E-state index in [0.29, 0.717) is 25.9 Å². The fourth-order valence-electron chi connectivity index (χ4n) is 4.86. The molecule has 1 amide bonds. The van der Waals surface area contributed by atoms with Crippen molar-refractivity contribution >= 4 is 17.6 Å². The Morgan fingerprint density at radius 2 is 1.63 bits per heavy atom. The van der Waals surface area contributed by atoms with Gasteiger partial charge in [0.1, 0.15) is 17.5 Å². The first-order valence-corrected chi connectivity index (χ1v) is 12.9. The second-order valence-corrected chi connectivity index (χ2v) is 9.53. The maximum atomic E-state index is 13.6. The lowest BCUT2D eigenvalue weighted by Gasteiger charge is -2.40. The van der Waals surface area contributed by atoms with E-state index in [4.69, 9.17) is 4.74 Å². The van der Waals surface area contributed by atoms with E-state index < -0.39 is 18.1 Å². The molecule has 0 aliphatic carbocycles. The first-order chi connectivity index (χ1) is 18.4. The third-order valence-corrected chi connectivity index (χ3v) is 7.02. The minimum Gasteiger partial charge on any atom is -0.508 e. The standard InChI is InChI=1S/C30H35N3O5/c1-38-26-9-5-8-24(21-26)32-16-18-33(19-17-32)28(15-12-22-6-3-2-4-7-22)29(35)31-27(30(36)37)20-23-10-13-25(34)14-11-23/h2-11,13-14,21,27-28,34H,12,15-20H2,1H3,(H,31,35)(H,36,37). The molecule has 1 aliphatic rings. The largest absolute Gasteiger partial charge is 0.508 e. The van der Waals surface area contributed by atoms with Crippen molar-refractivity contribution in [2.75, 3.05) is 38.2 Å². The van der Waals surface area contributed by atoms with Crippen LogP contribution < -0.4 is 15.0 Å². The van der Waals surface area contributed by atoms with Crippen molar-refractivity contribution in [2.45, 2.75) is 31.3 Å². The van der Waals surface area contributed by atoms with Crippen LogP contribution in [0.15, 0.2) is 78.9 Å². The number of aliphatic carboxylic acids is 1. The van der Waals surface area contributed by atoms with Gasteiger partial charge in [-0.25, -0.2) is 4.79 Å². The van der Waals surface area contributed by atoms with Crippen molar-refractivity contribution < 1.29 is 24.5 Å². The summed E-state index contributed by atoms with van der Waals surface area (Å²) in [6.45, 7) is 2.86. The normalized spacial score (nSPS) is 15.4. The lowest BCUT2D eigenvalue weighted by molar-refractivity contribution is -0.142. The van der Waals surface area contributed by atoms with Crippen molar-refractivity contribution in [3.8, 4) is 11.5 Å². The quantitative estimate of drug-likeness (QED) is 0.359. The number of phenols is 1. The summed E-state index contributed by atoms with van der Waals surface area (Å²) in [6.07, 6.45) is 1.43. The van der Waals surface area contributed by atoms with Gasteiger partial charge in [-0.2, -0.15) is 0 Å². The van der Waals surface area contributed by atoms with Gasteiger partial charge in [0.25, 0.3) is 0 Å². The molecule has 0 saturated carbocycles. The van der Waals surface area contributed by atoms with Crippen molar-refractivity contribution in [3.05, 3.63) is 90.0 Å². The molecule has 2 unspecified atom stereocenters. The van der Waals surface area contributed by atoms with Crippen LogP contribution in [0.4, 0.5) is 5.69 Å². The third-order valence-electron chi connectivity index (χ3n) is 7.02. The first-order valence-electron chi connectivity index (χ1n) is 12.9. The number of methoxy groups -OCH3 is 1. The zero-order valence-electron chi connectivity index (χ0n) is 21.6. The average Bonchev–Trinajstić information content (AvgIpc) is 2.95. The van der Waals surface area contributed by atoms with Crippen molar-refractivity contribution in [1.29, 1.82) is 0 Å². The summed E-state index contributed by atoms with van der Waals surface area (Å²) >= 11 is 0. The molecule has 0 spiro atoms. The summed E-state index contributed by atoms with van der Waals surface area (Å²) < 4.78 is 5.36.